The molecule has 0 aliphatic carbocycles. The molecule has 0 fully saturated rings. The quantitative estimate of drug-likeness (QED) is 0.847. The van der Waals surface area contributed by atoms with Crippen LogP contribution in [0.5, 0.6) is 0 Å². The Bertz CT molecular complexity index is 368. The van der Waals surface area contributed by atoms with Crippen LogP contribution in [-0.2, 0) is 11.3 Å². The molecule has 1 amide bonds. The van der Waals surface area contributed by atoms with E-state index in [0.29, 0.717) is 6.54 Å². The van der Waals surface area contributed by atoms with E-state index in [0.717, 1.165) is 23.0 Å². The number of amides is 1. The number of hydrogen-bond acceptors (Lipinski definition) is 2. The zero-order chi connectivity index (χ0) is 12.7. The number of halogens is 1. The molecule has 1 aromatic rings. The molecule has 1 rings (SSSR count). The largest absolute Gasteiger partial charge is 0.355 e. The molecule has 0 radical (unpaired) electrons. The molecule has 4 heteroatoms. The summed E-state index contributed by atoms with van der Waals surface area (Å²) in [6.45, 7) is 5.35. The van der Waals surface area contributed by atoms with Crippen LogP contribution in [0.3, 0.4) is 0 Å². The summed E-state index contributed by atoms with van der Waals surface area (Å²) in [5.41, 5.74) is 1.16. The molecule has 94 valence electrons. The third-order valence-corrected chi connectivity index (χ3v) is 2.94. The maximum Gasteiger partial charge on any atom is 0.236 e. The van der Waals surface area contributed by atoms with Crippen molar-refractivity contribution < 1.29 is 4.79 Å². The fourth-order valence-corrected chi connectivity index (χ4v) is 1.86. The number of rotatable bonds is 6. The second kappa shape index (κ2) is 7.45. The lowest BCUT2D eigenvalue weighted by Gasteiger charge is -2.13. The van der Waals surface area contributed by atoms with Gasteiger partial charge in [0.25, 0.3) is 0 Å². The predicted molar refractivity (Wildman–Crippen MR) is 73.7 cm³/mol. The molecular formula is C13H19BrN2O. The van der Waals surface area contributed by atoms with Crippen LogP contribution in [0, 0.1) is 0 Å². The van der Waals surface area contributed by atoms with Crippen LogP contribution in [0.2, 0.25) is 0 Å². The molecule has 0 aromatic heterocycles. The molecule has 3 nitrogen and oxygen atoms in total. The van der Waals surface area contributed by atoms with Crippen LogP contribution in [0.4, 0.5) is 0 Å². The third-order valence-electron chi connectivity index (χ3n) is 2.44. The van der Waals surface area contributed by atoms with Gasteiger partial charge in [-0.25, -0.2) is 0 Å². The van der Waals surface area contributed by atoms with Crippen LogP contribution in [-0.4, -0.2) is 18.5 Å². The van der Waals surface area contributed by atoms with Gasteiger partial charge in [-0.05, 0) is 31.0 Å². The first-order chi connectivity index (χ1) is 8.13. The normalized spacial score (nSPS) is 12.2. The molecule has 0 spiro atoms. The monoisotopic (exact) mass is 298 g/mol. The molecule has 1 aromatic carbocycles. The summed E-state index contributed by atoms with van der Waals surface area (Å²) in [5, 5.41) is 6.07. The van der Waals surface area contributed by atoms with E-state index in [2.05, 4.69) is 26.6 Å². The van der Waals surface area contributed by atoms with E-state index in [-0.39, 0.29) is 11.9 Å². The van der Waals surface area contributed by atoms with E-state index >= 15 is 0 Å². The summed E-state index contributed by atoms with van der Waals surface area (Å²) >= 11 is 3.43. The summed E-state index contributed by atoms with van der Waals surface area (Å²) < 4.78 is 1.06. The maximum absolute atomic E-state index is 11.6. The highest BCUT2D eigenvalue weighted by molar-refractivity contribution is 9.10. The SMILES string of the molecule is CCCNC(=O)C(C)NCc1cccc(Br)c1. The number of carbonyl (C=O) groups excluding carboxylic acids is 1. The highest BCUT2D eigenvalue weighted by Crippen LogP contribution is 2.11. The Morgan fingerprint density at radius 1 is 1.47 bits per heavy atom. The van der Waals surface area contributed by atoms with E-state index < -0.39 is 0 Å². The highest BCUT2D eigenvalue weighted by Gasteiger charge is 2.10. The smallest absolute Gasteiger partial charge is 0.236 e. The molecule has 0 bridgehead atoms. The maximum atomic E-state index is 11.6. The third kappa shape index (κ3) is 5.33. The van der Waals surface area contributed by atoms with Gasteiger partial charge in [-0.2, -0.15) is 0 Å². The molecular weight excluding hydrogens is 280 g/mol. The lowest BCUT2D eigenvalue weighted by molar-refractivity contribution is -0.122. The second-order valence-corrected chi connectivity index (χ2v) is 4.94. The molecule has 2 N–H and O–H groups in total. The van der Waals surface area contributed by atoms with Gasteiger partial charge in [-0.15, -0.1) is 0 Å². The van der Waals surface area contributed by atoms with E-state index in [9.17, 15) is 4.79 Å². The number of nitrogens with one attached hydrogen (secondary N) is 2. The van der Waals surface area contributed by atoms with Crippen LogP contribution in [0.15, 0.2) is 28.7 Å². The Kier molecular flexibility index (Phi) is 6.22. The first-order valence-electron chi connectivity index (χ1n) is 5.89. The van der Waals surface area contributed by atoms with Gasteiger partial charge in [0.15, 0.2) is 0 Å². The van der Waals surface area contributed by atoms with Gasteiger partial charge >= 0.3 is 0 Å². The highest BCUT2D eigenvalue weighted by atomic mass is 79.9. The predicted octanol–water partition coefficient (Wildman–Crippen LogP) is 2.45. The zero-order valence-electron chi connectivity index (χ0n) is 10.3. The Hall–Kier alpha value is -0.870. The first kappa shape index (κ1) is 14.2. The fourth-order valence-electron chi connectivity index (χ4n) is 1.41. The van der Waals surface area contributed by atoms with Crippen molar-refractivity contribution in [2.45, 2.75) is 32.9 Å². The van der Waals surface area contributed by atoms with Crippen molar-refractivity contribution >= 4 is 21.8 Å². The topological polar surface area (TPSA) is 41.1 Å². The minimum Gasteiger partial charge on any atom is -0.355 e. The van der Waals surface area contributed by atoms with Gasteiger partial charge < -0.3 is 10.6 Å². The average Bonchev–Trinajstić information content (AvgIpc) is 2.33. The number of carbonyl (C=O) groups is 1. The van der Waals surface area contributed by atoms with Gasteiger partial charge in [0.05, 0.1) is 6.04 Å². The van der Waals surface area contributed by atoms with E-state index in [1.165, 1.54) is 0 Å². The van der Waals surface area contributed by atoms with Crippen LogP contribution < -0.4 is 10.6 Å². The summed E-state index contributed by atoms with van der Waals surface area (Å²) in [6, 6.07) is 7.89. The Balaban J connectivity index is 2.37. The lowest BCUT2D eigenvalue weighted by atomic mass is 10.2. The first-order valence-corrected chi connectivity index (χ1v) is 6.68. The molecule has 0 aliphatic heterocycles. The molecule has 0 saturated heterocycles. The van der Waals surface area contributed by atoms with Crippen molar-refractivity contribution in [2.24, 2.45) is 0 Å². The standard InChI is InChI=1S/C13H19BrN2O/c1-3-7-15-13(17)10(2)16-9-11-5-4-6-12(14)8-11/h4-6,8,10,16H,3,7,9H2,1-2H3,(H,15,17). The summed E-state index contributed by atoms with van der Waals surface area (Å²) in [4.78, 5) is 11.6. The number of hydrogen-bond donors (Lipinski definition) is 2. The molecule has 1 unspecified atom stereocenters. The fraction of sp³-hybridized carbons (Fsp3) is 0.462. The van der Waals surface area contributed by atoms with Crippen molar-refractivity contribution in [1.82, 2.24) is 10.6 Å². The summed E-state index contributed by atoms with van der Waals surface area (Å²) in [7, 11) is 0. The van der Waals surface area contributed by atoms with Crippen molar-refractivity contribution in [3.8, 4) is 0 Å². The molecule has 0 aliphatic rings. The second-order valence-electron chi connectivity index (χ2n) is 4.02. The van der Waals surface area contributed by atoms with Gasteiger partial charge in [0, 0.05) is 17.6 Å². The Morgan fingerprint density at radius 3 is 2.88 bits per heavy atom. The van der Waals surface area contributed by atoms with Gasteiger partial charge in [0.1, 0.15) is 0 Å². The Morgan fingerprint density at radius 2 is 2.24 bits per heavy atom. The van der Waals surface area contributed by atoms with Crippen molar-refractivity contribution in [1.29, 1.82) is 0 Å². The van der Waals surface area contributed by atoms with E-state index in [4.69, 9.17) is 0 Å². The molecule has 1 atom stereocenters. The van der Waals surface area contributed by atoms with E-state index in [1.54, 1.807) is 0 Å². The van der Waals surface area contributed by atoms with Crippen molar-refractivity contribution in [3.05, 3.63) is 34.3 Å². The van der Waals surface area contributed by atoms with Gasteiger partial charge in [-0.3, -0.25) is 4.79 Å². The zero-order valence-corrected chi connectivity index (χ0v) is 11.9. The minimum absolute atomic E-state index is 0.0573. The molecule has 0 saturated carbocycles. The van der Waals surface area contributed by atoms with Gasteiger partial charge in [-0.1, -0.05) is 35.0 Å². The van der Waals surface area contributed by atoms with Crippen LogP contribution in [0.1, 0.15) is 25.8 Å². The summed E-state index contributed by atoms with van der Waals surface area (Å²) in [5.74, 6) is 0.0573. The van der Waals surface area contributed by atoms with Crippen molar-refractivity contribution in [2.75, 3.05) is 6.54 Å². The minimum atomic E-state index is -0.166. The van der Waals surface area contributed by atoms with E-state index in [1.807, 2.05) is 38.1 Å². The summed E-state index contributed by atoms with van der Waals surface area (Å²) in [6.07, 6.45) is 0.962. The molecule has 17 heavy (non-hydrogen) atoms. The van der Waals surface area contributed by atoms with Gasteiger partial charge in [0.2, 0.25) is 5.91 Å². The van der Waals surface area contributed by atoms with Crippen LogP contribution >= 0.6 is 15.9 Å². The average molecular weight is 299 g/mol. The number of benzene rings is 1. The lowest BCUT2D eigenvalue weighted by Crippen LogP contribution is -2.42. The Labute approximate surface area is 111 Å². The van der Waals surface area contributed by atoms with Crippen LogP contribution in [0.25, 0.3) is 0 Å². The van der Waals surface area contributed by atoms with Crippen molar-refractivity contribution in [3.63, 3.8) is 0 Å². The molecule has 0 heterocycles.